The van der Waals surface area contributed by atoms with Crippen LogP contribution in [0.1, 0.15) is 19.8 Å². The molecule has 0 saturated carbocycles. The summed E-state index contributed by atoms with van der Waals surface area (Å²) in [6.07, 6.45) is 1.92. The highest BCUT2D eigenvalue weighted by Gasteiger charge is 2.21. The molecule has 0 spiro atoms. The van der Waals surface area contributed by atoms with Crippen molar-refractivity contribution in [2.75, 3.05) is 19.6 Å². The molecular weight excluding hydrogens is 162 g/mol. The molecule has 11 heavy (non-hydrogen) atoms. The van der Waals surface area contributed by atoms with Gasteiger partial charge in [0.2, 0.25) is 0 Å². The van der Waals surface area contributed by atoms with Crippen molar-refractivity contribution in [1.29, 1.82) is 0 Å². The Kier molecular flexibility index (Phi) is 3.48. The molecule has 0 bridgehead atoms. The molecule has 4 heteroatoms. The number of nitrogens with zero attached hydrogens (tertiary/aromatic N) is 1. The molecule has 0 aliphatic carbocycles. The maximum Gasteiger partial charge on any atom is 0.0355 e. The van der Waals surface area contributed by atoms with E-state index in [1.54, 1.807) is 0 Å². The van der Waals surface area contributed by atoms with Crippen LogP contribution in [0.25, 0.3) is 0 Å². The van der Waals surface area contributed by atoms with Gasteiger partial charge >= 0.3 is 0 Å². The SMILES string of the molecule is CCCN1CCC(S(=O)[O-])C1. The van der Waals surface area contributed by atoms with Crippen LogP contribution in [0.4, 0.5) is 0 Å². The third-order valence-electron chi connectivity index (χ3n) is 2.04. The van der Waals surface area contributed by atoms with E-state index in [1.165, 1.54) is 0 Å². The van der Waals surface area contributed by atoms with E-state index in [0.717, 1.165) is 32.5 Å². The predicted octanol–water partition coefficient (Wildman–Crippen LogP) is 0.350. The number of likely N-dealkylation sites (tertiary alicyclic amines) is 1. The maximum absolute atomic E-state index is 10.5. The van der Waals surface area contributed by atoms with Crippen molar-refractivity contribution in [3.05, 3.63) is 0 Å². The zero-order valence-corrected chi connectivity index (χ0v) is 7.60. The Balaban J connectivity index is 2.29. The summed E-state index contributed by atoms with van der Waals surface area (Å²) in [5.74, 6) is 0. The molecule has 1 heterocycles. The van der Waals surface area contributed by atoms with Crippen molar-refractivity contribution in [2.45, 2.75) is 25.0 Å². The Hall–Kier alpha value is 0.0700. The summed E-state index contributed by atoms with van der Waals surface area (Å²) in [6, 6.07) is 0. The first-order valence-electron chi connectivity index (χ1n) is 4.04. The summed E-state index contributed by atoms with van der Waals surface area (Å²) in [7, 11) is 0. The lowest BCUT2D eigenvalue weighted by molar-refractivity contribution is 0.339. The quantitative estimate of drug-likeness (QED) is 0.583. The fourth-order valence-electron chi connectivity index (χ4n) is 1.47. The van der Waals surface area contributed by atoms with Gasteiger partial charge in [-0.3, -0.25) is 4.21 Å². The Morgan fingerprint density at radius 1 is 1.73 bits per heavy atom. The van der Waals surface area contributed by atoms with Gasteiger partial charge in [0.25, 0.3) is 0 Å². The van der Waals surface area contributed by atoms with Gasteiger partial charge in [-0.05, 0) is 25.9 Å². The highest BCUT2D eigenvalue weighted by molar-refractivity contribution is 7.79. The second-order valence-corrected chi connectivity index (χ2v) is 4.16. The lowest BCUT2D eigenvalue weighted by Gasteiger charge is -2.15. The van der Waals surface area contributed by atoms with Gasteiger partial charge in [-0.1, -0.05) is 18.0 Å². The van der Waals surface area contributed by atoms with E-state index in [1.807, 2.05) is 0 Å². The minimum Gasteiger partial charge on any atom is -0.772 e. The van der Waals surface area contributed by atoms with E-state index in [-0.39, 0.29) is 5.25 Å². The van der Waals surface area contributed by atoms with Gasteiger partial charge in [0.05, 0.1) is 0 Å². The molecule has 0 amide bonds. The van der Waals surface area contributed by atoms with E-state index in [9.17, 15) is 8.76 Å². The van der Waals surface area contributed by atoms with Crippen LogP contribution in [0, 0.1) is 0 Å². The van der Waals surface area contributed by atoms with Crippen molar-refractivity contribution >= 4 is 11.1 Å². The molecule has 0 aromatic carbocycles. The Bertz CT molecular complexity index is 151. The molecule has 1 rings (SSSR count). The highest BCUT2D eigenvalue weighted by atomic mass is 32.2. The van der Waals surface area contributed by atoms with Crippen LogP contribution in [0.15, 0.2) is 0 Å². The zero-order chi connectivity index (χ0) is 8.27. The van der Waals surface area contributed by atoms with Crippen LogP contribution in [-0.2, 0) is 11.1 Å². The van der Waals surface area contributed by atoms with Crippen LogP contribution in [-0.4, -0.2) is 38.5 Å². The fraction of sp³-hybridized carbons (Fsp3) is 1.00. The first-order valence-corrected chi connectivity index (χ1v) is 5.18. The second-order valence-electron chi connectivity index (χ2n) is 2.97. The summed E-state index contributed by atoms with van der Waals surface area (Å²) >= 11 is -1.86. The van der Waals surface area contributed by atoms with Crippen LogP contribution < -0.4 is 0 Å². The molecule has 0 aromatic heterocycles. The standard InChI is InChI=1S/C7H15NO2S/c1-2-4-8-5-3-7(6-8)11(9)10/h7H,2-6H2,1H3,(H,9,10)/p-1. The lowest BCUT2D eigenvalue weighted by atomic mass is 10.4. The third kappa shape index (κ3) is 2.54. The van der Waals surface area contributed by atoms with E-state index < -0.39 is 11.1 Å². The van der Waals surface area contributed by atoms with Gasteiger partial charge in [0.1, 0.15) is 0 Å². The maximum atomic E-state index is 10.5. The van der Waals surface area contributed by atoms with Gasteiger partial charge < -0.3 is 9.45 Å². The molecule has 1 fully saturated rings. The average molecular weight is 176 g/mol. The second kappa shape index (κ2) is 4.18. The van der Waals surface area contributed by atoms with Crippen molar-refractivity contribution in [3.63, 3.8) is 0 Å². The van der Waals surface area contributed by atoms with Crippen LogP contribution in [0.3, 0.4) is 0 Å². The van der Waals surface area contributed by atoms with Gasteiger partial charge in [-0.2, -0.15) is 0 Å². The molecule has 3 nitrogen and oxygen atoms in total. The molecule has 1 aliphatic heterocycles. The summed E-state index contributed by atoms with van der Waals surface area (Å²) < 4.78 is 21.0. The molecule has 2 atom stereocenters. The summed E-state index contributed by atoms with van der Waals surface area (Å²) in [5, 5.41) is -0.110. The van der Waals surface area contributed by atoms with E-state index in [4.69, 9.17) is 0 Å². The Morgan fingerprint density at radius 2 is 2.45 bits per heavy atom. The number of rotatable bonds is 3. The largest absolute Gasteiger partial charge is 0.772 e. The molecule has 0 N–H and O–H groups in total. The Labute approximate surface area is 70.1 Å². The molecule has 1 aliphatic rings. The number of hydrogen-bond acceptors (Lipinski definition) is 3. The summed E-state index contributed by atoms with van der Waals surface area (Å²) in [5.41, 5.74) is 0. The molecule has 0 radical (unpaired) electrons. The van der Waals surface area contributed by atoms with Gasteiger partial charge in [-0.15, -0.1) is 0 Å². The average Bonchev–Trinajstić information content (AvgIpc) is 2.37. The van der Waals surface area contributed by atoms with Crippen molar-refractivity contribution < 1.29 is 8.76 Å². The minimum atomic E-state index is -1.86. The molecule has 2 unspecified atom stereocenters. The van der Waals surface area contributed by atoms with Gasteiger partial charge in [0.15, 0.2) is 0 Å². The summed E-state index contributed by atoms with van der Waals surface area (Å²) in [6.45, 7) is 4.84. The number of hydrogen-bond donors (Lipinski definition) is 0. The van der Waals surface area contributed by atoms with E-state index in [2.05, 4.69) is 11.8 Å². The third-order valence-corrected chi connectivity index (χ3v) is 2.97. The van der Waals surface area contributed by atoms with Crippen LogP contribution >= 0.6 is 0 Å². The van der Waals surface area contributed by atoms with Crippen molar-refractivity contribution in [1.82, 2.24) is 4.90 Å². The van der Waals surface area contributed by atoms with Crippen molar-refractivity contribution in [3.8, 4) is 0 Å². The first kappa shape index (κ1) is 9.16. The molecule has 0 aromatic rings. The van der Waals surface area contributed by atoms with Crippen LogP contribution in [0.5, 0.6) is 0 Å². The zero-order valence-electron chi connectivity index (χ0n) is 6.78. The Morgan fingerprint density at radius 3 is 2.91 bits per heavy atom. The lowest BCUT2D eigenvalue weighted by Crippen LogP contribution is -2.24. The van der Waals surface area contributed by atoms with E-state index in [0.29, 0.717) is 0 Å². The fourth-order valence-corrected chi connectivity index (χ4v) is 2.10. The normalized spacial score (nSPS) is 29.1. The first-order chi connectivity index (χ1) is 5.24. The molecule has 66 valence electrons. The molecule has 1 saturated heterocycles. The molecular formula is C7H14NO2S-. The highest BCUT2D eigenvalue weighted by Crippen LogP contribution is 2.13. The van der Waals surface area contributed by atoms with Gasteiger partial charge in [-0.25, -0.2) is 0 Å². The van der Waals surface area contributed by atoms with Gasteiger partial charge in [0, 0.05) is 11.8 Å². The smallest absolute Gasteiger partial charge is 0.0355 e. The predicted molar refractivity (Wildman–Crippen MR) is 44.1 cm³/mol. The summed E-state index contributed by atoms with van der Waals surface area (Å²) in [4.78, 5) is 2.21. The van der Waals surface area contributed by atoms with Crippen molar-refractivity contribution in [2.24, 2.45) is 0 Å². The van der Waals surface area contributed by atoms with E-state index >= 15 is 0 Å². The van der Waals surface area contributed by atoms with Crippen LogP contribution in [0.2, 0.25) is 0 Å². The minimum absolute atomic E-state index is 0.110. The monoisotopic (exact) mass is 176 g/mol. The topological polar surface area (TPSA) is 43.4 Å².